The van der Waals surface area contributed by atoms with E-state index in [0.29, 0.717) is 11.8 Å². The van der Waals surface area contributed by atoms with Crippen molar-refractivity contribution in [1.82, 2.24) is 9.80 Å². The highest BCUT2D eigenvalue weighted by Crippen LogP contribution is 2.34. The van der Waals surface area contributed by atoms with Crippen molar-refractivity contribution in [3.63, 3.8) is 0 Å². The molecule has 0 spiro atoms. The SMILES string of the molecule is CC1CN(C(=O)N2CCCC(C(C)(C)C(=O)O)C2)CCS1. The zero-order valence-corrected chi connectivity index (χ0v) is 14.0. The van der Waals surface area contributed by atoms with Crippen molar-refractivity contribution in [2.45, 2.75) is 38.9 Å². The first-order valence-corrected chi connectivity index (χ1v) is 8.76. The van der Waals surface area contributed by atoms with Crippen LogP contribution >= 0.6 is 11.8 Å². The van der Waals surface area contributed by atoms with Gasteiger partial charge in [-0.15, -0.1) is 0 Å². The van der Waals surface area contributed by atoms with Gasteiger partial charge in [-0.1, -0.05) is 6.92 Å². The van der Waals surface area contributed by atoms with Gasteiger partial charge in [0.25, 0.3) is 0 Å². The predicted molar refractivity (Wildman–Crippen MR) is 84.6 cm³/mol. The van der Waals surface area contributed by atoms with Gasteiger partial charge in [0.15, 0.2) is 0 Å². The van der Waals surface area contributed by atoms with Gasteiger partial charge in [-0.3, -0.25) is 4.79 Å². The van der Waals surface area contributed by atoms with Crippen LogP contribution in [0.25, 0.3) is 0 Å². The third-order valence-corrected chi connectivity index (χ3v) is 5.91. The van der Waals surface area contributed by atoms with Crippen molar-refractivity contribution in [2.24, 2.45) is 11.3 Å². The first-order chi connectivity index (χ1) is 9.82. The standard InChI is InChI=1S/C15H26N2O3S/c1-11-9-17(7-8-21-11)14(20)16-6-4-5-12(10-16)15(2,3)13(18)19/h11-12H,4-10H2,1-3H3,(H,18,19). The van der Waals surface area contributed by atoms with E-state index in [1.807, 2.05) is 21.6 Å². The number of likely N-dealkylation sites (tertiary alicyclic amines) is 1. The van der Waals surface area contributed by atoms with Crippen molar-refractivity contribution < 1.29 is 14.7 Å². The summed E-state index contributed by atoms with van der Waals surface area (Å²) in [4.78, 5) is 27.9. The third-order valence-electron chi connectivity index (χ3n) is 4.78. The summed E-state index contributed by atoms with van der Waals surface area (Å²) in [5.74, 6) is 0.249. The summed E-state index contributed by atoms with van der Waals surface area (Å²) >= 11 is 1.90. The summed E-state index contributed by atoms with van der Waals surface area (Å²) in [7, 11) is 0. The second kappa shape index (κ2) is 6.46. The molecule has 0 radical (unpaired) electrons. The molecule has 0 aliphatic carbocycles. The van der Waals surface area contributed by atoms with Crippen LogP contribution in [-0.4, -0.2) is 64.1 Å². The number of carbonyl (C=O) groups is 2. The Morgan fingerprint density at radius 1 is 1.19 bits per heavy atom. The summed E-state index contributed by atoms with van der Waals surface area (Å²) in [6.07, 6.45) is 1.78. The number of hydrogen-bond acceptors (Lipinski definition) is 3. The van der Waals surface area contributed by atoms with Crippen LogP contribution in [0.3, 0.4) is 0 Å². The van der Waals surface area contributed by atoms with Crippen molar-refractivity contribution >= 4 is 23.8 Å². The van der Waals surface area contributed by atoms with Gasteiger partial charge in [0.1, 0.15) is 0 Å². The average Bonchev–Trinajstić information content (AvgIpc) is 2.46. The van der Waals surface area contributed by atoms with Gasteiger partial charge in [0.2, 0.25) is 0 Å². The Bertz CT molecular complexity index is 414. The molecule has 2 aliphatic rings. The number of thioether (sulfide) groups is 1. The summed E-state index contributed by atoms with van der Waals surface area (Å²) in [5.41, 5.74) is -0.774. The maximum atomic E-state index is 12.6. The highest BCUT2D eigenvalue weighted by atomic mass is 32.2. The molecule has 0 saturated carbocycles. The van der Waals surface area contributed by atoms with E-state index < -0.39 is 11.4 Å². The van der Waals surface area contributed by atoms with E-state index in [1.165, 1.54) is 0 Å². The molecule has 0 aromatic carbocycles. The summed E-state index contributed by atoms with van der Waals surface area (Å²) in [5, 5.41) is 9.87. The van der Waals surface area contributed by atoms with Gasteiger partial charge in [0, 0.05) is 37.2 Å². The Hall–Kier alpha value is -0.910. The number of rotatable bonds is 2. The summed E-state index contributed by atoms with van der Waals surface area (Å²) in [6.45, 7) is 8.61. The predicted octanol–water partition coefficient (Wildman–Crippen LogP) is 2.37. The number of amides is 2. The van der Waals surface area contributed by atoms with E-state index >= 15 is 0 Å². The zero-order chi connectivity index (χ0) is 15.6. The van der Waals surface area contributed by atoms with Crippen LogP contribution in [0.2, 0.25) is 0 Å². The van der Waals surface area contributed by atoms with Gasteiger partial charge < -0.3 is 14.9 Å². The lowest BCUT2D eigenvalue weighted by molar-refractivity contribution is -0.151. The Morgan fingerprint density at radius 2 is 1.86 bits per heavy atom. The molecule has 2 saturated heterocycles. The Kier molecular flexibility index (Phi) is 5.07. The fraction of sp³-hybridized carbons (Fsp3) is 0.867. The van der Waals surface area contributed by atoms with E-state index in [-0.39, 0.29) is 11.9 Å². The number of hydrogen-bond donors (Lipinski definition) is 1. The summed E-state index contributed by atoms with van der Waals surface area (Å²) < 4.78 is 0. The molecule has 2 fully saturated rings. The van der Waals surface area contributed by atoms with E-state index in [0.717, 1.165) is 38.2 Å². The van der Waals surface area contributed by atoms with Crippen LogP contribution < -0.4 is 0 Å². The molecular formula is C15H26N2O3S. The lowest BCUT2D eigenvalue weighted by Crippen LogP contribution is -2.53. The van der Waals surface area contributed by atoms with Crippen LogP contribution in [0, 0.1) is 11.3 Å². The fourth-order valence-electron chi connectivity index (χ4n) is 3.11. The molecule has 2 aliphatic heterocycles. The topological polar surface area (TPSA) is 60.9 Å². The molecule has 6 heteroatoms. The first kappa shape index (κ1) is 16.5. The highest BCUT2D eigenvalue weighted by molar-refractivity contribution is 7.99. The number of urea groups is 1. The number of carboxylic acids is 1. The fourth-order valence-corrected chi connectivity index (χ4v) is 4.12. The van der Waals surface area contributed by atoms with Crippen molar-refractivity contribution in [2.75, 3.05) is 31.9 Å². The van der Waals surface area contributed by atoms with E-state index in [4.69, 9.17) is 0 Å². The molecule has 2 heterocycles. The Labute approximate surface area is 131 Å². The number of piperidine rings is 1. The minimum absolute atomic E-state index is 0.0317. The second-order valence-corrected chi connectivity index (χ2v) is 8.27. The van der Waals surface area contributed by atoms with Gasteiger partial charge >= 0.3 is 12.0 Å². The highest BCUT2D eigenvalue weighted by Gasteiger charge is 2.40. The van der Waals surface area contributed by atoms with Crippen molar-refractivity contribution in [3.8, 4) is 0 Å². The zero-order valence-electron chi connectivity index (χ0n) is 13.2. The molecule has 2 unspecified atom stereocenters. The minimum atomic E-state index is -0.774. The minimum Gasteiger partial charge on any atom is -0.481 e. The maximum absolute atomic E-state index is 12.6. The van der Waals surface area contributed by atoms with Gasteiger partial charge in [-0.2, -0.15) is 11.8 Å². The normalized spacial score (nSPS) is 27.6. The molecule has 120 valence electrons. The Morgan fingerprint density at radius 3 is 2.48 bits per heavy atom. The molecule has 2 amide bonds. The third kappa shape index (κ3) is 3.65. The number of aliphatic carboxylic acids is 1. The van der Waals surface area contributed by atoms with Crippen LogP contribution in [-0.2, 0) is 4.79 Å². The molecule has 2 rings (SSSR count). The van der Waals surface area contributed by atoms with Crippen LogP contribution in [0.5, 0.6) is 0 Å². The van der Waals surface area contributed by atoms with Crippen LogP contribution in [0.15, 0.2) is 0 Å². The molecule has 0 aromatic rings. The van der Waals surface area contributed by atoms with E-state index in [9.17, 15) is 14.7 Å². The second-order valence-electron chi connectivity index (χ2n) is 6.72. The van der Waals surface area contributed by atoms with Gasteiger partial charge in [-0.25, -0.2) is 4.79 Å². The molecular weight excluding hydrogens is 288 g/mol. The molecule has 21 heavy (non-hydrogen) atoms. The number of carboxylic acid groups (broad SMARTS) is 1. The molecule has 0 aromatic heterocycles. The number of carbonyl (C=O) groups excluding carboxylic acids is 1. The largest absolute Gasteiger partial charge is 0.481 e. The lowest BCUT2D eigenvalue weighted by Gasteiger charge is -2.42. The first-order valence-electron chi connectivity index (χ1n) is 7.71. The van der Waals surface area contributed by atoms with Crippen molar-refractivity contribution in [1.29, 1.82) is 0 Å². The van der Waals surface area contributed by atoms with Crippen molar-refractivity contribution in [3.05, 3.63) is 0 Å². The van der Waals surface area contributed by atoms with Gasteiger partial charge in [0.05, 0.1) is 5.41 Å². The summed E-state index contributed by atoms with van der Waals surface area (Å²) in [6, 6.07) is 0.0908. The van der Waals surface area contributed by atoms with Crippen LogP contribution in [0.1, 0.15) is 33.6 Å². The smallest absolute Gasteiger partial charge is 0.320 e. The molecule has 2 atom stereocenters. The van der Waals surface area contributed by atoms with Gasteiger partial charge in [-0.05, 0) is 32.6 Å². The molecule has 0 bridgehead atoms. The average molecular weight is 314 g/mol. The van der Waals surface area contributed by atoms with Crippen LogP contribution in [0.4, 0.5) is 4.79 Å². The maximum Gasteiger partial charge on any atom is 0.320 e. The quantitative estimate of drug-likeness (QED) is 0.850. The van der Waals surface area contributed by atoms with E-state index in [1.54, 1.807) is 13.8 Å². The number of nitrogens with zero attached hydrogens (tertiary/aromatic N) is 2. The molecule has 5 nitrogen and oxygen atoms in total. The Balaban J connectivity index is 2.00. The van der Waals surface area contributed by atoms with E-state index in [2.05, 4.69) is 6.92 Å². The lowest BCUT2D eigenvalue weighted by atomic mass is 9.74. The molecule has 1 N–H and O–H groups in total. The monoisotopic (exact) mass is 314 g/mol.